The smallest absolute Gasteiger partial charge is 0.127 e. The van der Waals surface area contributed by atoms with Crippen LogP contribution in [0.25, 0.3) is 10.8 Å². The van der Waals surface area contributed by atoms with E-state index in [9.17, 15) is 0 Å². The third-order valence-electron chi connectivity index (χ3n) is 2.88. The van der Waals surface area contributed by atoms with Gasteiger partial charge >= 0.3 is 0 Å². The molecule has 17 heavy (non-hydrogen) atoms. The molecule has 0 aromatic heterocycles. The molecular formula is C14H14O3. The van der Waals surface area contributed by atoms with Crippen molar-refractivity contribution in [1.29, 1.82) is 0 Å². The van der Waals surface area contributed by atoms with Crippen molar-refractivity contribution in [2.75, 3.05) is 20.3 Å². The lowest BCUT2D eigenvalue weighted by Crippen LogP contribution is -2.04. The van der Waals surface area contributed by atoms with Gasteiger partial charge in [0.2, 0.25) is 0 Å². The maximum Gasteiger partial charge on any atom is 0.127 e. The molecule has 1 atom stereocenters. The maximum absolute atomic E-state index is 5.76. The molecule has 0 saturated carbocycles. The van der Waals surface area contributed by atoms with Gasteiger partial charge in [-0.05, 0) is 23.6 Å². The lowest BCUT2D eigenvalue weighted by atomic mass is 10.1. The fourth-order valence-corrected chi connectivity index (χ4v) is 1.82. The Labute approximate surface area is 99.9 Å². The first-order valence-corrected chi connectivity index (χ1v) is 5.68. The number of epoxide rings is 1. The zero-order valence-electron chi connectivity index (χ0n) is 9.68. The van der Waals surface area contributed by atoms with Crippen molar-refractivity contribution < 1.29 is 14.2 Å². The SMILES string of the molecule is COc1ccc2cccc(OC[C@@H]3CO3)c2c1. The monoisotopic (exact) mass is 230 g/mol. The normalized spacial score (nSPS) is 18.1. The van der Waals surface area contributed by atoms with Crippen LogP contribution in [0.1, 0.15) is 0 Å². The molecule has 1 fully saturated rings. The Morgan fingerprint density at radius 2 is 2.18 bits per heavy atom. The molecule has 3 nitrogen and oxygen atoms in total. The minimum atomic E-state index is 0.274. The predicted octanol–water partition coefficient (Wildman–Crippen LogP) is 2.63. The Kier molecular flexibility index (Phi) is 2.61. The van der Waals surface area contributed by atoms with Crippen molar-refractivity contribution in [3.8, 4) is 11.5 Å². The van der Waals surface area contributed by atoms with Crippen molar-refractivity contribution in [3.63, 3.8) is 0 Å². The molecule has 0 aliphatic carbocycles. The summed E-state index contributed by atoms with van der Waals surface area (Å²) < 4.78 is 16.1. The van der Waals surface area contributed by atoms with Crippen LogP contribution in [0.3, 0.4) is 0 Å². The number of hydrogen-bond acceptors (Lipinski definition) is 3. The molecule has 0 unspecified atom stereocenters. The Morgan fingerprint density at radius 3 is 2.94 bits per heavy atom. The van der Waals surface area contributed by atoms with E-state index in [1.165, 1.54) is 0 Å². The van der Waals surface area contributed by atoms with Crippen LogP contribution < -0.4 is 9.47 Å². The molecule has 0 spiro atoms. The first-order chi connectivity index (χ1) is 8.36. The van der Waals surface area contributed by atoms with Gasteiger partial charge in [-0.3, -0.25) is 0 Å². The van der Waals surface area contributed by atoms with Gasteiger partial charge in [-0.1, -0.05) is 18.2 Å². The number of fused-ring (bicyclic) bond motifs is 1. The summed E-state index contributed by atoms with van der Waals surface area (Å²) in [6.07, 6.45) is 0.274. The first-order valence-electron chi connectivity index (χ1n) is 5.68. The summed E-state index contributed by atoms with van der Waals surface area (Å²) in [6.45, 7) is 1.43. The van der Waals surface area contributed by atoms with Crippen LogP contribution in [0.4, 0.5) is 0 Å². The Balaban J connectivity index is 1.96. The van der Waals surface area contributed by atoms with Gasteiger partial charge in [0.1, 0.15) is 24.2 Å². The number of rotatable bonds is 4. The second-order valence-corrected chi connectivity index (χ2v) is 4.11. The van der Waals surface area contributed by atoms with E-state index in [1.54, 1.807) is 7.11 Å². The van der Waals surface area contributed by atoms with Gasteiger partial charge in [0, 0.05) is 5.39 Å². The standard InChI is InChI=1S/C14H14O3/c1-15-11-6-5-10-3-2-4-14(13(10)7-11)17-9-12-8-16-12/h2-7,12H,8-9H2,1H3/t12-/m0/s1. The lowest BCUT2D eigenvalue weighted by Gasteiger charge is -2.09. The van der Waals surface area contributed by atoms with E-state index in [1.807, 2.05) is 30.3 Å². The molecule has 88 valence electrons. The number of benzene rings is 2. The van der Waals surface area contributed by atoms with Crippen LogP contribution in [-0.4, -0.2) is 26.4 Å². The van der Waals surface area contributed by atoms with E-state index in [0.717, 1.165) is 28.9 Å². The lowest BCUT2D eigenvalue weighted by molar-refractivity contribution is 0.265. The van der Waals surface area contributed by atoms with Crippen molar-refractivity contribution in [1.82, 2.24) is 0 Å². The average Bonchev–Trinajstić information content (AvgIpc) is 3.19. The molecule has 1 saturated heterocycles. The van der Waals surface area contributed by atoms with Gasteiger partial charge in [0.25, 0.3) is 0 Å². The third kappa shape index (κ3) is 2.19. The summed E-state index contributed by atoms with van der Waals surface area (Å²) in [6, 6.07) is 12.0. The van der Waals surface area contributed by atoms with Crippen LogP contribution in [-0.2, 0) is 4.74 Å². The third-order valence-corrected chi connectivity index (χ3v) is 2.88. The number of ether oxygens (including phenoxy) is 3. The highest BCUT2D eigenvalue weighted by molar-refractivity contribution is 5.89. The van der Waals surface area contributed by atoms with E-state index in [4.69, 9.17) is 14.2 Å². The number of methoxy groups -OCH3 is 1. The molecule has 1 aliphatic heterocycles. The average molecular weight is 230 g/mol. The minimum Gasteiger partial charge on any atom is -0.497 e. The second-order valence-electron chi connectivity index (χ2n) is 4.11. The van der Waals surface area contributed by atoms with Crippen molar-refractivity contribution in [3.05, 3.63) is 36.4 Å². The molecular weight excluding hydrogens is 216 g/mol. The molecule has 2 aromatic rings. The van der Waals surface area contributed by atoms with E-state index >= 15 is 0 Å². The molecule has 2 aromatic carbocycles. The fraction of sp³-hybridized carbons (Fsp3) is 0.286. The van der Waals surface area contributed by atoms with E-state index in [-0.39, 0.29) is 6.10 Å². The quantitative estimate of drug-likeness (QED) is 0.756. The van der Waals surface area contributed by atoms with Gasteiger partial charge in [0.15, 0.2) is 0 Å². The van der Waals surface area contributed by atoms with Crippen LogP contribution in [0.5, 0.6) is 11.5 Å². The Bertz CT molecular complexity index is 532. The summed E-state index contributed by atoms with van der Waals surface area (Å²) in [5.41, 5.74) is 0. The fourth-order valence-electron chi connectivity index (χ4n) is 1.82. The highest BCUT2D eigenvalue weighted by Crippen LogP contribution is 2.29. The van der Waals surface area contributed by atoms with E-state index in [0.29, 0.717) is 6.61 Å². The number of hydrogen-bond donors (Lipinski definition) is 0. The molecule has 0 amide bonds. The Hall–Kier alpha value is -1.74. The molecule has 0 bridgehead atoms. The van der Waals surface area contributed by atoms with Gasteiger partial charge in [-0.25, -0.2) is 0 Å². The van der Waals surface area contributed by atoms with Crippen LogP contribution in [0.15, 0.2) is 36.4 Å². The van der Waals surface area contributed by atoms with E-state index < -0.39 is 0 Å². The summed E-state index contributed by atoms with van der Waals surface area (Å²) in [7, 11) is 1.67. The zero-order chi connectivity index (χ0) is 11.7. The van der Waals surface area contributed by atoms with Crippen molar-refractivity contribution in [2.24, 2.45) is 0 Å². The maximum atomic E-state index is 5.76. The summed E-state index contributed by atoms with van der Waals surface area (Å²) in [5, 5.41) is 2.23. The molecule has 0 N–H and O–H groups in total. The molecule has 0 radical (unpaired) electrons. The second kappa shape index (κ2) is 4.26. The van der Waals surface area contributed by atoms with Gasteiger partial charge in [-0.2, -0.15) is 0 Å². The molecule has 3 rings (SSSR count). The molecule has 3 heteroatoms. The minimum absolute atomic E-state index is 0.274. The summed E-state index contributed by atoms with van der Waals surface area (Å²) in [4.78, 5) is 0. The Morgan fingerprint density at radius 1 is 1.29 bits per heavy atom. The largest absolute Gasteiger partial charge is 0.497 e. The summed E-state index contributed by atoms with van der Waals surface area (Å²) >= 11 is 0. The van der Waals surface area contributed by atoms with Crippen LogP contribution in [0, 0.1) is 0 Å². The van der Waals surface area contributed by atoms with E-state index in [2.05, 4.69) is 6.07 Å². The van der Waals surface area contributed by atoms with Crippen LogP contribution >= 0.6 is 0 Å². The highest BCUT2D eigenvalue weighted by atomic mass is 16.6. The van der Waals surface area contributed by atoms with Gasteiger partial charge in [-0.15, -0.1) is 0 Å². The predicted molar refractivity (Wildman–Crippen MR) is 65.7 cm³/mol. The summed E-state index contributed by atoms with van der Waals surface area (Å²) in [5.74, 6) is 1.73. The first kappa shape index (κ1) is 10.4. The molecule has 1 aliphatic rings. The van der Waals surface area contributed by atoms with Crippen molar-refractivity contribution in [2.45, 2.75) is 6.10 Å². The topological polar surface area (TPSA) is 31.0 Å². The van der Waals surface area contributed by atoms with Crippen LogP contribution in [0.2, 0.25) is 0 Å². The zero-order valence-corrected chi connectivity index (χ0v) is 9.68. The highest BCUT2D eigenvalue weighted by Gasteiger charge is 2.23. The van der Waals surface area contributed by atoms with Crippen molar-refractivity contribution >= 4 is 10.8 Å². The van der Waals surface area contributed by atoms with Gasteiger partial charge in [0.05, 0.1) is 13.7 Å². The van der Waals surface area contributed by atoms with Gasteiger partial charge < -0.3 is 14.2 Å². The molecule has 1 heterocycles.